The molecule has 0 aromatic heterocycles. The number of ether oxygens (including phenoxy) is 2. The van der Waals surface area contributed by atoms with E-state index in [4.69, 9.17) is 9.47 Å². The highest BCUT2D eigenvalue weighted by atomic mass is 79.9. The Balaban J connectivity index is 2.21. The van der Waals surface area contributed by atoms with E-state index in [0.29, 0.717) is 30.0 Å². The normalized spacial score (nSPS) is 15.6. The third-order valence-corrected chi connectivity index (χ3v) is 4.09. The van der Waals surface area contributed by atoms with Gasteiger partial charge in [0.1, 0.15) is 0 Å². The lowest BCUT2D eigenvalue weighted by molar-refractivity contribution is -0.122. The molecule has 0 atom stereocenters. The van der Waals surface area contributed by atoms with Crippen LogP contribution in [0.25, 0.3) is 0 Å². The van der Waals surface area contributed by atoms with Gasteiger partial charge in [-0.05, 0) is 37.5 Å². The van der Waals surface area contributed by atoms with E-state index < -0.39 is 5.97 Å². The lowest BCUT2D eigenvalue weighted by atomic mass is 9.98. The maximum absolute atomic E-state index is 12.3. The van der Waals surface area contributed by atoms with Crippen LogP contribution in [-0.2, 0) is 14.3 Å². The third-order valence-electron chi connectivity index (χ3n) is 3.63. The number of amides is 1. The summed E-state index contributed by atoms with van der Waals surface area (Å²) in [5.74, 6) is -0.496. The number of esters is 1. The molecule has 0 bridgehead atoms. The molecular weight excluding hydrogens is 338 g/mol. The Hall–Kier alpha value is -1.40. The molecule has 1 fully saturated rings. The summed E-state index contributed by atoms with van der Waals surface area (Å²) in [6.07, 6.45) is 1.45. The summed E-state index contributed by atoms with van der Waals surface area (Å²) in [4.78, 5) is 24.0. The van der Waals surface area contributed by atoms with Crippen molar-refractivity contribution >= 4 is 33.5 Å². The number of hydrogen-bond acceptors (Lipinski definition) is 4. The molecule has 21 heavy (non-hydrogen) atoms. The number of nitrogens with one attached hydrogen (secondary N) is 1. The summed E-state index contributed by atoms with van der Waals surface area (Å²) in [6.45, 7) is 3.02. The maximum Gasteiger partial charge on any atom is 0.338 e. The Bertz CT molecular complexity index is 553. The van der Waals surface area contributed by atoms with Crippen LogP contribution in [-0.4, -0.2) is 32.2 Å². The van der Waals surface area contributed by atoms with E-state index in [2.05, 4.69) is 21.2 Å². The Morgan fingerprint density at radius 1 is 1.33 bits per heavy atom. The Labute approximate surface area is 132 Å². The van der Waals surface area contributed by atoms with Gasteiger partial charge in [0.05, 0.1) is 12.7 Å². The zero-order valence-corrected chi connectivity index (χ0v) is 13.7. The quantitative estimate of drug-likeness (QED) is 0.846. The minimum Gasteiger partial charge on any atom is -0.465 e. The predicted octanol–water partition coefficient (Wildman–Crippen LogP) is 2.91. The van der Waals surface area contributed by atoms with Crippen molar-refractivity contribution in [2.45, 2.75) is 19.8 Å². The summed E-state index contributed by atoms with van der Waals surface area (Å²) in [5.41, 5.74) is 1.76. The van der Waals surface area contributed by atoms with Gasteiger partial charge in [0, 0.05) is 29.3 Å². The standard InChI is InChI=1S/C15H18BrNO4/c1-9-12(15(19)20-2)7-11(16)8-13(9)17-14(18)10-3-5-21-6-4-10/h7-8,10H,3-6H2,1-2H3,(H,17,18). The van der Waals surface area contributed by atoms with Crippen LogP contribution < -0.4 is 5.32 Å². The molecule has 0 aliphatic carbocycles. The van der Waals surface area contributed by atoms with Crippen molar-refractivity contribution in [1.29, 1.82) is 0 Å². The summed E-state index contributed by atoms with van der Waals surface area (Å²) >= 11 is 3.35. The zero-order chi connectivity index (χ0) is 15.4. The molecule has 1 aromatic carbocycles. The van der Waals surface area contributed by atoms with Crippen molar-refractivity contribution in [3.63, 3.8) is 0 Å². The van der Waals surface area contributed by atoms with Crippen molar-refractivity contribution in [1.82, 2.24) is 0 Å². The van der Waals surface area contributed by atoms with Gasteiger partial charge < -0.3 is 14.8 Å². The molecule has 1 amide bonds. The number of benzene rings is 1. The fourth-order valence-electron chi connectivity index (χ4n) is 2.33. The van der Waals surface area contributed by atoms with Gasteiger partial charge in [-0.15, -0.1) is 0 Å². The molecule has 2 rings (SSSR count). The second-order valence-corrected chi connectivity index (χ2v) is 5.91. The Morgan fingerprint density at radius 2 is 2.00 bits per heavy atom. The smallest absolute Gasteiger partial charge is 0.338 e. The first kappa shape index (κ1) is 16.0. The summed E-state index contributed by atoms with van der Waals surface area (Å²) in [6, 6.07) is 3.48. The molecule has 1 N–H and O–H groups in total. The molecule has 1 saturated heterocycles. The number of halogens is 1. The SMILES string of the molecule is COC(=O)c1cc(Br)cc(NC(=O)C2CCOCC2)c1C. The monoisotopic (exact) mass is 355 g/mol. The first-order valence-electron chi connectivity index (χ1n) is 6.80. The van der Waals surface area contributed by atoms with Gasteiger partial charge in [0.15, 0.2) is 0 Å². The molecular formula is C15H18BrNO4. The van der Waals surface area contributed by atoms with Gasteiger partial charge in [0.2, 0.25) is 5.91 Å². The average molecular weight is 356 g/mol. The number of methoxy groups -OCH3 is 1. The molecule has 0 unspecified atom stereocenters. The van der Waals surface area contributed by atoms with Gasteiger partial charge in [0.25, 0.3) is 0 Å². The van der Waals surface area contributed by atoms with E-state index in [9.17, 15) is 9.59 Å². The van der Waals surface area contributed by atoms with Crippen molar-refractivity contribution in [2.75, 3.05) is 25.6 Å². The first-order chi connectivity index (χ1) is 10.0. The van der Waals surface area contributed by atoms with E-state index in [-0.39, 0.29) is 11.8 Å². The van der Waals surface area contributed by atoms with Crippen molar-refractivity contribution in [3.05, 3.63) is 27.7 Å². The van der Waals surface area contributed by atoms with E-state index >= 15 is 0 Å². The molecule has 0 radical (unpaired) electrons. The molecule has 6 heteroatoms. The summed E-state index contributed by atoms with van der Waals surface area (Å²) in [5, 5.41) is 2.91. The number of rotatable bonds is 3. The summed E-state index contributed by atoms with van der Waals surface area (Å²) in [7, 11) is 1.34. The lowest BCUT2D eigenvalue weighted by Gasteiger charge is -2.22. The largest absolute Gasteiger partial charge is 0.465 e. The van der Waals surface area contributed by atoms with E-state index in [1.165, 1.54) is 7.11 Å². The van der Waals surface area contributed by atoms with Crippen LogP contribution in [0.15, 0.2) is 16.6 Å². The number of hydrogen-bond donors (Lipinski definition) is 1. The average Bonchev–Trinajstić information content (AvgIpc) is 2.50. The zero-order valence-electron chi connectivity index (χ0n) is 12.1. The van der Waals surface area contributed by atoms with Crippen molar-refractivity contribution in [3.8, 4) is 0 Å². The second kappa shape index (κ2) is 7.04. The van der Waals surface area contributed by atoms with Gasteiger partial charge >= 0.3 is 5.97 Å². The van der Waals surface area contributed by atoms with E-state index in [1.54, 1.807) is 19.1 Å². The maximum atomic E-state index is 12.3. The summed E-state index contributed by atoms with van der Waals surface area (Å²) < 4.78 is 10.7. The number of anilines is 1. The first-order valence-corrected chi connectivity index (χ1v) is 7.59. The Morgan fingerprint density at radius 3 is 2.62 bits per heavy atom. The van der Waals surface area contributed by atoms with Crippen LogP contribution in [0, 0.1) is 12.8 Å². The lowest BCUT2D eigenvalue weighted by Crippen LogP contribution is -2.29. The third kappa shape index (κ3) is 3.83. The second-order valence-electron chi connectivity index (χ2n) is 4.99. The van der Waals surface area contributed by atoms with Crippen molar-refractivity contribution in [2.24, 2.45) is 5.92 Å². The molecule has 5 nitrogen and oxygen atoms in total. The minimum absolute atomic E-state index is 0.0321. The van der Waals surface area contributed by atoms with Crippen LogP contribution in [0.1, 0.15) is 28.8 Å². The molecule has 1 aliphatic rings. The molecule has 114 valence electrons. The number of carbonyl (C=O) groups is 2. The van der Waals surface area contributed by atoms with Crippen molar-refractivity contribution < 1.29 is 19.1 Å². The van der Waals surface area contributed by atoms with Gasteiger partial charge in [-0.2, -0.15) is 0 Å². The molecule has 1 aliphatic heterocycles. The topological polar surface area (TPSA) is 64.6 Å². The number of carbonyl (C=O) groups excluding carboxylic acids is 2. The highest BCUT2D eigenvalue weighted by Crippen LogP contribution is 2.27. The van der Waals surface area contributed by atoms with E-state index in [1.807, 2.05) is 0 Å². The van der Waals surface area contributed by atoms with Gasteiger partial charge in [-0.1, -0.05) is 15.9 Å². The van der Waals surface area contributed by atoms with Crippen LogP contribution in [0.4, 0.5) is 5.69 Å². The van der Waals surface area contributed by atoms with Crippen LogP contribution in [0.3, 0.4) is 0 Å². The molecule has 0 saturated carbocycles. The Kier molecular flexibility index (Phi) is 5.36. The highest BCUT2D eigenvalue weighted by molar-refractivity contribution is 9.10. The van der Waals surface area contributed by atoms with Gasteiger partial charge in [-0.3, -0.25) is 4.79 Å². The molecule has 1 aromatic rings. The molecule has 1 heterocycles. The molecule has 0 spiro atoms. The fourth-order valence-corrected chi connectivity index (χ4v) is 2.78. The van der Waals surface area contributed by atoms with E-state index in [0.717, 1.165) is 17.3 Å². The fraction of sp³-hybridized carbons (Fsp3) is 0.467. The van der Waals surface area contributed by atoms with Crippen LogP contribution in [0.2, 0.25) is 0 Å². The van der Waals surface area contributed by atoms with Crippen LogP contribution in [0.5, 0.6) is 0 Å². The minimum atomic E-state index is -0.421. The highest BCUT2D eigenvalue weighted by Gasteiger charge is 2.23. The van der Waals surface area contributed by atoms with Crippen LogP contribution >= 0.6 is 15.9 Å². The van der Waals surface area contributed by atoms with Gasteiger partial charge in [-0.25, -0.2) is 4.79 Å². The predicted molar refractivity (Wildman–Crippen MR) is 82.4 cm³/mol.